The first kappa shape index (κ1) is 21.4. The van der Waals surface area contributed by atoms with E-state index in [2.05, 4.69) is 5.32 Å². The first-order valence-corrected chi connectivity index (χ1v) is 11.0. The van der Waals surface area contributed by atoms with Gasteiger partial charge in [0.15, 0.2) is 11.5 Å². The van der Waals surface area contributed by atoms with Gasteiger partial charge in [-0.1, -0.05) is 23.7 Å². The maximum atomic E-state index is 12.6. The van der Waals surface area contributed by atoms with Crippen molar-refractivity contribution in [1.82, 2.24) is 9.78 Å². The molecule has 1 N–H and O–H groups in total. The van der Waals surface area contributed by atoms with Crippen LogP contribution in [0.2, 0.25) is 5.02 Å². The standard InChI is InChI=1S/C22H22ClN3O4S/c1-12-19-21(13-9-16(28-2)20(30-4)17(10-13)29-3)31-11-18(27)24-22(19)26(25-12)15-8-6-5-7-14(15)23/h5-10,21H,11H2,1-4H3,(H,24,27)/t21-/m0/s1. The molecule has 1 atom stereocenters. The summed E-state index contributed by atoms with van der Waals surface area (Å²) < 4.78 is 18.2. The predicted octanol–water partition coefficient (Wildman–Crippen LogP) is 4.63. The van der Waals surface area contributed by atoms with Crippen molar-refractivity contribution in [3.8, 4) is 22.9 Å². The van der Waals surface area contributed by atoms with Crippen molar-refractivity contribution < 1.29 is 19.0 Å². The van der Waals surface area contributed by atoms with Gasteiger partial charge in [0.2, 0.25) is 11.7 Å². The Morgan fingerprint density at radius 1 is 1.13 bits per heavy atom. The fourth-order valence-corrected chi connectivity index (χ4v) is 5.08. The van der Waals surface area contributed by atoms with E-state index < -0.39 is 0 Å². The lowest BCUT2D eigenvalue weighted by atomic mass is 10.0. The molecule has 2 aromatic carbocycles. The van der Waals surface area contributed by atoms with Crippen molar-refractivity contribution in [1.29, 1.82) is 0 Å². The number of carbonyl (C=O) groups is 1. The van der Waals surface area contributed by atoms with Crippen LogP contribution in [0.25, 0.3) is 5.69 Å². The van der Waals surface area contributed by atoms with Crippen LogP contribution in [0.3, 0.4) is 0 Å². The number of aryl methyl sites for hydroxylation is 1. The van der Waals surface area contributed by atoms with Crippen molar-refractivity contribution >= 4 is 35.1 Å². The van der Waals surface area contributed by atoms with Gasteiger partial charge in [0, 0.05) is 5.56 Å². The van der Waals surface area contributed by atoms with Crippen LogP contribution in [0, 0.1) is 6.92 Å². The number of hydrogen-bond donors (Lipinski definition) is 1. The molecule has 31 heavy (non-hydrogen) atoms. The van der Waals surface area contributed by atoms with E-state index in [-0.39, 0.29) is 16.9 Å². The van der Waals surface area contributed by atoms with Crippen molar-refractivity contribution in [2.45, 2.75) is 12.2 Å². The number of nitrogens with one attached hydrogen (secondary N) is 1. The number of ether oxygens (including phenoxy) is 3. The summed E-state index contributed by atoms with van der Waals surface area (Å²) in [5, 5.41) is 8.09. The van der Waals surface area contributed by atoms with E-state index in [9.17, 15) is 4.79 Å². The average Bonchev–Trinajstić information content (AvgIpc) is 2.97. The van der Waals surface area contributed by atoms with Crippen LogP contribution in [-0.2, 0) is 4.79 Å². The zero-order valence-corrected chi connectivity index (χ0v) is 19.1. The molecule has 0 saturated carbocycles. The minimum absolute atomic E-state index is 0.102. The Hall–Kier alpha value is -2.84. The first-order chi connectivity index (χ1) is 15.0. The van der Waals surface area contributed by atoms with Crippen LogP contribution in [0.5, 0.6) is 17.2 Å². The molecule has 0 radical (unpaired) electrons. The summed E-state index contributed by atoms with van der Waals surface area (Å²) in [4.78, 5) is 12.6. The highest BCUT2D eigenvalue weighted by molar-refractivity contribution is 8.00. The van der Waals surface area contributed by atoms with Crippen molar-refractivity contribution in [2.75, 3.05) is 32.4 Å². The lowest BCUT2D eigenvalue weighted by Gasteiger charge is -2.19. The molecule has 9 heteroatoms. The van der Waals surface area contributed by atoms with Gasteiger partial charge in [0.25, 0.3) is 0 Å². The van der Waals surface area contributed by atoms with Crippen LogP contribution in [-0.4, -0.2) is 42.8 Å². The summed E-state index contributed by atoms with van der Waals surface area (Å²) >= 11 is 7.94. The third kappa shape index (κ3) is 3.81. The summed E-state index contributed by atoms with van der Waals surface area (Å²) in [7, 11) is 4.73. The number of aromatic nitrogens is 2. The van der Waals surface area contributed by atoms with Crippen molar-refractivity contribution in [3.05, 3.63) is 58.2 Å². The second-order valence-corrected chi connectivity index (χ2v) is 8.41. The number of carbonyl (C=O) groups excluding carboxylic acids is 1. The Bertz CT molecular complexity index is 1120. The summed E-state index contributed by atoms with van der Waals surface area (Å²) in [6.07, 6.45) is 0. The van der Waals surface area contributed by atoms with E-state index in [0.29, 0.717) is 33.8 Å². The molecule has 0 aliphatic carbocycles. The second kappa shape index (κ2) is 8.72. The highest BCUT2D eigenvalue weighted by Gasteiger charge is 2.32. The average molecular weight is 460 g/mol. The van der Waals surface area contributed by atoms with Gasteiger partial charge in [0.1, 0.15) is 5.82 Å². The van der Waals surface area contributed by atoms with Crippen LogP contribution < -0.4 is 19.5 Å². The molecular weight excluding hydrogens is 438 g/mol. The van der Waals surface area contributed by atoms with Gasteiger partial charge in [-0.25, -0.2) is 4.68 Å². The first-order valence-electron chi connectivity index (χ1n) is 9.54. The molecule has 0 saturated heterocycles. The maximum absolute atomic E-state index is 12.6. The molecule has 1 aliphatic heterocycles. The lowest BCUT2D eigenvalue weighted by Crippen LogP contribution is -2.16. The number of methoxy groups -OCH3 is 3. The number of thioether (sulfide) groups is 1. The zero-order chi connectivity index (χ0) is 22.1. The Balaban J connectivity index is 1.92. The Morgan fingerprint density at radius 3 is 2.42 bits per heavy atom. The molecule has 0 unspecified atom stereocenters. The third-order valence-electron chi connectivity index (χ3n) is 5.08. The second-order valence-electron chi connectivity index (χ2n) is 6.91. The number of benzene rings is 2. The van der Waals surface area contributed by atoms with Gasteiger partial charge in [0.05, 0.1) is 48.7 Å². The highest BCUT2D eigenvalue weighted by atomic mass is 35.5. The Labute approximate surface area is 189 Å². The third-order valence-corrected chi connectivity index (χ3v) is 6.67. The van der Waals surface area contributed by atoms with Gasteiger partial charge in [-0.3, -0.25) is 4.79 Å². The van der Waals surface area contributed by atoms with E-state index in [0.717, 1.165) is 16.8 Å². The van der Waals surface area contributed by atoms with E-state index in [1.807, 2.05) is 37.3 Å². The monoisotopic (exact) mass is 459 g/mol. The number of rotatable bonds is 5. The number of para-hydroxylation sites is 1. The van der Waals surface area contributed by atoms with Gasteiger partial charge in [-0.05, 0) is 36.8 Å². The molecule has 3 aromatic rings. The largest absolute Gasteiger partial charge is 0.493 e. The van der Waals surface area contributed by atoms with Gasteiger partial charge in [-0.2, -0.15) is 5.10 Å². The molecule has 0 fully saturated rings. The van der Waals surface area contributed by atoms with Crippen molar-refractivity contribution in [3.63, 3.8) is 0 Å². The predicted molar refractivity (Wildman–Crippen MR) is 122 cm³/mol. The molecule has 162 valence electrons. The number of nitrogens with zero attached hydrogens (tertiary/aromatic N) is 2. The van der Waals surface area contributed by atoms with Crippen LogP contribution >= 0.6 is 23.4 Å². The Kier molecular flexibility index (Phi) is 6.02. The fraction of sp³-hybridized carbons (Fsp3) is 0.273. The van der Waals surface area contributed by atoms with E-state index in [1.165, 1.54) is 11.8 Å². The molecule has 0 spiro atoms. The minimum atomic E-state index is -0.182. The minimum Gasteiger partial charge on any atom is -0.493 e. The van der Waals surface area contributed by atoms with E-state index in [1.54, 1.807) is 32.1 Å². The molecule has 1 aromatic heterocycles. The molecule has 0 bridgehead atoms. The summed E-state index contributed by atoms with van der Waals surface area (Å²) in [6.45, 7) is 1.93. The quantitative estimate of drug-likeness (QED) is 0.599. The van der Waals surface area contributed by atoms with E-state index >= 15 is 0 Å². The van der Waals surface area contributed by atoms with Crippen LogP contribution in [0.4, 0.5) is 5.82 Å². The normalized spacial score (nSPS) is 15.6. The highest BCUT2D eigenvalue weighted by Crippen LogP contribution is 2.48. The topological polar surface area (TPSA) is 74.6 Å². The van der Waals surface area contributed by atoms with Gasteiger partial charge >= 0.3 is 0 Å². The fourth-order valence-electron chi connectivity index (χ4n) is 3.70. The molecule has 1 amide bonds. The maximum Gasteiger partial charge on any atom is 0.235 e. The van der Waals surface area contributed by atoms with Gasteiger partial charge in [-0.15, -0.1) is 11.8 Å². The van der Waals surface area contributed by atoms with Gasteiger partial charge < -0.3 is 19.5 Å². The molecule has 7 nitrogen and oxygen atoms in total. The summed E-state index contributed by atoms with van der Waals surface area (Å²) in [6, 6.07) is 11.2. The van der Waals surface area contributed by atoms with Crippen molar-refractivity contribution in [2.24, 2.45) is 0 Å². The smallest absolute Gasteiger partial charge is 0.235 e. The SMILES string of the molecule is COc1cc([C@@H]2SCC(=O)Nc3c2c(C)nn3-c2ccccc2Cl)cc(OC)c1OC. The molecule has 2 heterocycles. The number of anilines is 1. The number of hydrogen-bond acceptors (Lipinski definition) is 6. The number of amides is 1. The number of fused-ring (bicyclic) bond motifs is 1. The summed E-state index contributed by atoms with van der Waals surface area (Å²) in [5.74, 6) is 2.43. The number of halogens is 1. The molecule has 1 aliphatic rings. The molecular formula is C22H22ClN3O4S. The Morgan fingerprint density at radius 2 is 1.81 bits per heavy atom. The zero-order valence-electron chi connectivity index (χ0n) is 17.6. The van der Waals surface area contributed by atoms with E-state index in [4.69, 9.17) is 30.9 Å². The summed E-state index contributed by atoms with van der Waals surface area (Å²) in [5.41, 5.74) is 3.32. The molecule has 4 rings (SSSR count). The van der Waals surface area contributed by atoms with Crippen LogP contribution in [0.15, 0.2) is 36.4 Å². The lowest BCUT2D eigenvalue weighted by molar-refractivity contribution is -0.113. The van der Waals surface area contributed by atoms with Crippen LogP contribution in [0.1, 0.15) is 22.1 Å².